The number of rotatable bonds is 7. The third-order valence-corrected chi connectivity index (χ3v) is 3.17. The summed E-state index contributed by atoms with van der Waals surface area (Å²) in [4.78, 5) is 2.04. The van der Waals surface area contributed by atoms with Crippen molar-refractivity contribution in [2.24, 2.45) is 0 Å². The van der Waals surface area contributed by atoms with Gasteiger partial charge in [-0.3, -0.25) is 0 Å². The molecule has 0 aliphatic carbocycles. The minimum Gasteiger partial charge on any atom is -0.496 e. The number of hydrogen-bond acceptors (Lipinski definition) is 4. The maximum Gasteiger partial charge on any atom is 0.122 e. The van der Waals surface area contributed by atoms with E-state index >= 15 is 0 Å². The highest BCUT2D eigenvalue weighted by Gasteiger charge is 2.15. The summed E-state index contributed by atoms with van der Waals surface area (Å²) in [6, 6.07) is 8.21. The van der Waals surface area contributed by atoms with E-state index in [2.05, 4.69) is 6.92 Å². The number of hydrogen-bond donors (Lipinski definition) is 2. The highest BCUT2D eigenvalue weighted by atomic mass is 16.5. The minimum absolute atomic E-state index is 0.203. The molecule has 2 N–H and O–H groups in total. The maximum absolute atomic E-state index is 9.43. The van der Waals surface area contributed by atoms with Crippen LogP contribution >= 0.6 is 0 Å². The van der Waals surface area contributed by atoms with Crippen molar-refractivity contribution >= 4 is 0 Å². The third kappa shape index (κ3) is 4.29. The lowest BCUT2D eigenvalue weighted by Gasteiger charge is -2.26. The zero-order valence-electron chi connectivity index (χ0n) is 11.3. The summed E-state index contributed by atoms with van der Waals surface area (Å²) >= 11 is 0. The van der Waals surface area contributed by atoms with E-state index in [4.69, 9.17) is 9.84 Å². The van der Waals surface area contributed by atoms with Crippen molar-refractivity contribution < 1.29 is 14.9 Å². The minimum atomic E-state index is -0.685. The predicted octanol–water partition coefficient (Wildman–Crippen LogP) is 0.911. The Labute approximate surface area is 109 Å². The van der Waals surface area contributed by atoms with Gasteiger partial charge in [-0.15, -0.1) is 0 Å². The molecule has 2 atom stereocenters. The number of aliphatic hydroxyl groups is 2. The zero-order valence-corrected chi connectivity index (χ0v) is 11.3. The topological polar surface area (TPSA) is 52.9 Å². The highest BCUT2D eigenvalue weighted by Crippen LogP contribution is 2.20. The summed E-state index contributed by atoms with van der Waals surface area (Å²) in [6.45, 7) is 2.36. The molecule has 4 heteroatoms. The lowest BCUT2D eigenvalue weighted by Crippen LogP contribution is -2.38. The van der Waals surface area contributed by atoms with Crippen molar-refractivity contribution in [1.82, 2.24) is 4.90 Å². The van der Waals surface area contributed by atoms with E-state index in [1.54, 1.807) is 7.11 Å². The van der Waals surface area contributed by atoms with Crippen molar-refractivity contribution in [3.05, 3.63) is 29.8 Å². The molecule has 0 radical (unpaired) electrons. The van der Waals surface area contributed by atoms with E-state index < -0.39 is 6.10 Å². The van der Waals surface area contributed by atoms with Crippen molar-refractivity contribution in [3.63, 3.8) is 0 Å². The van der Waals surface area contributed by atoms with Crippen molar-refractivity contribution in [2.75, 3.05) is 27.3 Å². The fraction of sp³-hybridized carbons (Fsp3) is 0.571. The molecule has 1 rings (SSSR count). The molecule has 0 aromatic heterocycles. The fourth-order valence-electron chi connectivity index (χ4n) is 1.92. The predicted molar refractivity (Wildman–Crippen MR) is 71.9 cm³/mol. The summed E-state index contributed by atoms with van der Waals surface area (Å²) in [5, 5.41) is 18.3. The standard InChI is InChI=1S/C14H23NO3/c1-11(15(2)9-13(17)10-16)8-12-6-4-5-7-14(12)18-3/h4-7,11,13,16-17H,8-10H2,1-3H3. The molecule has 0 amide bonds. The molecule has 0 saturated heterocycles. The van der Waals surface area contributed by atoms with E-state index in [9.17, 15) is 5.11 Å². The van der Waals surface area contributed by atoms with Crippen LogP contribution in [0.5, 0.6) is 5.75 Å². The van der Waals surface area contributed by atoms with E-state index in [0.717, 1.165) is 17.7 Å². The Bertz CT molecular complexity index is 357. The second-order valence-electron chi connectivity index (χ2n) is 4.64. The average molecular weight is 253 g/mol. The Balaban J connectivity index is 2.60. The normalized spacial score (nSPS) is 14.6. The number of methoxy groups -OCH3 is 1. The summed E-state index contributed by atoms with van der Waals surface area (Å²) in [5.74, 6) is 0.889. The molecule has 0 saturated carbocycles. The van der Waals surface area contributed by atoms with Gasteiger partial charge in [0.1, 0.15) is 5.75 Å². The van der Waals surface area contributed by atoms with Crippen molar-refractivity contribution in [3.8, 4) is 5.75 Å². The molecule has 0 bridgehead atoms. The number of nitrogens with zero attached hydrogens (tertiary/aromatic N) is 1. The Kier molecular flexibility index (Phi) is 6.12. The summed E-state index contributed by atoms with van der Waals surface area (Å²) in [5.41, 5.74) is 1.15. The third-order valence-electron chi connectivity index (χ3n) is 3.17. The van der Waals surface area contributed by atoms with Crippen LogP contribution in [-0.4, -0.2) is 54.6 Å². The molecule has 0 aliphatic rings. The number of benzene rings is 1. The maximum atomic E-state index is 9.43. The van der Waals surface area contributed by atoms with Crippen LogP contribution in [0.3, 0.4) is 0 Å². The van der Waals surface area contributed by atoms with Crippen molar-refractivity contribution in [2.45, 2.75) is 25.5 Å². The molecule has 2 unspecified atom stereocenters. The summed E-state index contributed by atoms with van der Waals surface area (Å²) in [6.07, 6.45) is 0.161. The van der Waals surface area contributed by atoms with Crippen LogP contribution in [0.1, 0.15) is 12.5 Å². The summed E-state index contributed by atoms with van der Waals surface area (Å²) < 4.78 is 5.32. The molecule has 4 nitrogen and oxygen atoms in total. The number of aliphatic hydroxyl groups excluding tert-OH is 2. The molecule has 18 heavy (non-hydrogen) atoms. The molecule has 1 aromatic carbocycles. The van der Waals surface area contributed by atoms with Crippen LogP contribution in [0.25, 0.3) is 0 Å². The van der Waals surface area contributed by atoms with Gasteiger partial charge in [0.15, 0.2) is 0 Å². The molecular formula is C14H23NO3. The van der Waals surface area contributed by atoms with E-state index in [-0.39, 0.29) is 12.6 Å². The average Bonchev–Trinajstić information content (AvgIpc) is 2.39. The summed E-state index contributed by atoms with van der Waals surface area (Å²) in [7, 11) is 3.61. The first kappa shape index (κ1) is 15.0. The van der Waals surface area contributed by atoms with Gasteiger partial charge in [-0.05, 0) is 32.0 Å². The Morgan fingerprint density at radius 3 is 2.61 bits per heavy atom. The van der Waals surface area contributed by atoms with Crippen LogP contribution < -0.4 is 4.74 Å². The Morgan fingerprint density at radius 1 is 1.33 bits per heavy atom. The van der Waals surface area contributed by atoms with Gasteiger partial charge >= 0.3 is 0 Å². The SMILES string of the molecule is COc1ccccc1CC(C)N(C)CC(O)CO. The van der Waals surface area contributed by atoms with E-state index in [0.29, 0.717) is 6.54 Å². The van der Waals surface area contributed by atoms with Gasteiger partial charge in [0.25, 0.3) is 0 Å². The first-order valence-electron chi connectivity index (χ1n) is 6.19. The van der Waals surface area contributed by atoms with Gasteiger partial charge in [-0.25, -0.2) is 0 Å². The molecule has 0 aliphatic heterocycles. The second-order valence-corrected chi connectivity index (χ2v) is 4.64. The smallest absolute Gasteiger partial charge is 0.122 e. The molecule has 0 heterocycles. The van der Waals surface area contributed by atoms with Gasteiger partial charge < -0.3 is 19.8 Å². The zero-order chi connectivity index (χ0) is 13.5. The quantitative estimate of drug-likeness (QED) is 0.758. The molecule has 1 aromatic rings. The first-order valence-corrected chi connectivity index (χ1v) is 6.19. The largest absolute Gasteiger partial charge is 0.496 e. The van der Waals surface area contributed by atoms with Crippen molar-refractivity contribution in [1.29, 1.82) is 0 Å². The lowest BCUT2D eigenvalue weighted by molar-refractivity contribution is 0.0566. The van der Waals surface area contributed by atoms with Crippen LogP contribution in [0.4, 0.5) is 0 Å². The number of para-hydroxylation sites is 1. The van der Waals surface area contributed by atoms with E-state index in [1.807, 2.05) is 36.2 Å². The number of likely N-dealkylation sites (N-methyl/N-ethyl adjacent to an activating group) is 1. The van der Waals surface area contributed by atoms with Crippen LogP contribution in [-0.2, 0) is 6.42 Å². The lowest BCUT2D eigenvalue weighted by atomic mass is 10.0. The van der Waals surface area contributed by atoms with Gasteiger partial charge in [-0.1, -0.05) is 18.2 Å². The van der Waals surface area contributed by atoms with Crippen LogP contribution in [0.2, 0.25) is 0 Å². The van der Waals surface area contributed by atoms with Crippen LogP contribution in [0.15, 0.2) is 24.3 Å². The Morgan fingerprint density at radius 2 is 2.00 bits per heavy atom. The second kappa shape index (κ2) is 7.36. The number of ether oxygens (including phenoxy) is 1. The van der Waals surface area contributed by atoms with Gasteiger partial charge in [0.2, 0.25) is 0 Å². The molecular weight excluding hydrogens is 230 g/mol. The van der Waals surface area contributed by atoms with Gasteiger partial charge in [-0.2, -0.15) is 0 Å². The van der Waals surface area contributed by atoms with Gasteiger partial charge in [0.05, 0.1) is 19.8 Å². The van der Waals surface area contributed by atoms with Crippen LogP contribution in [0, 0.1) is 0 Å². The highest BCUT2D eigenvalue weighted by molar-refractivity contribution is 5.33. The molecule has 0 fully saturated rings. The van der Waals surface area contributed by atoms with E-state index in [1.165, 1.54) is 0 Å². The first-order chi connectivity index (χ1) is 8.58. The molecule has 102 valence electrons. The Hall–Kier alpha value is -1.10. The fourth-order valence-corrected chi connectivity index (χ4v) is 1.92. The molecule has 0 spiro atoms. The monoisotopic (exact) mass is 253 g/mol. The van der Waals surface area contributed by atoms with Gasteiger partial charge in [0, 0.05) is 12.6 Å².